The Morgan fingerprint density at radius 2 is 1.68 bits per heavy atom. The number of carbonyl (C=O) groups excluding carboxylic acids is 2. The molecule has 5 nitrogen and oxygen atoms in total. The fourth-order valence-corrected chi connectivity index (χ4v) is 2.37. The van der Waals surface area contributed by atoms with Crippen LogP contribution in [-0.2, 0) is 20.9 Å². The molecule has 25 heavy (non-hydrogen) atoms. The van der Waals surface area contributed by atoms with E-state index in [1.807, 2.05) is 37.3 Å². The molecule has 0 saturated carbocycles. The maximum Gasteiger partial charge on any atom is 0.408 e. The van der Waals surface area contributed by atoms with Crippen molar-refractivity contribution in [3.8, 4) is 0 Å². The largest absolute Gasteiger partial charge is 0.464 e. The highest BCUT2D eigenvalue weighted by molar-refractivity contribution is 5.81. The standard InChI is InChI=1S/C20H31NO4/c1-3-5-7-11-15-24-19(22)18(14-6-4-2)21-20(23)25-16-17-12-9-8-10-13-17/h8-10,12-13,18H,3-7,11,14-16H2,1-2H3,(H,21,23). The van der Waals surface area contributed by atoms with Crippen LogP contribution in [0.1, 0.15) is 64.4 Å². The number of ether oxygens (including phenoxy) is 2. The third kappa shape index (κ3) is 9.75. The molecule has 1 aromatic carbocycles. The number of benzene rings is 1. The number of hydrogen-bond donors (Lipinski definition) is 1. The van der Waals surface area contributed by atoms with Crippen LogP contribution in [-0.4, -0.2) is 24.7 Å². The lowest BCUT2D eigenvalue weighted by Crippen LogP contribution is -2.42. The molecule has 0 spiro atoms. The molecule has 1 amide bonds. The van der Waals surface area contributed by atoms with E-state index in [-0.39, 0.29) is 12.6 Å². The molecule has 1 atom stereocenters. The van der Waals surface area contributed by atoms with Crippen LogP contribution in [0.3, 0.4) is 0 Å². The van der Waals surface area contributed by atoms with Crippen molar-refractivity contribution in [2.45, 2.75) is 71.4 Å². The van der Waals surface area contributed by atoms with Gasteiger partial charge in [-0.1, -0.05) is 76.3 Å². The summed E-state index contributed by atoms with van der Waals surface area (Å²) in [5.74, 6) is -0.374. The van der Waals surface area contributed by atoms with E-state index in [1.54, 1.807) is 0 Å². The van der Waals surface area contributed by atoms with Crippen molar-refractivity contribution in [3.63, 3.8) is 0 Å². The highest BCUT2D eigenvalue weighted by atomic mass is 16.6. The molecular formula is C20H31NO4. The lowest BCUT2D eigenvalue weighted by molar-refractivity contribution is -0.146. The number of nitrogens with one attached hydrogen (secondary N) is 1. The van der Waals surface area contributed by atoms with Gasteiger partial charge in [-0.25, -0.2) is 9.59 Å². The molecule has 140 valence electrons. The van der Waals surface area contributed by atoms with E-state index in [1.165, 1.54) is 0 Å². The lowest BCUT2D eigenvalue weighted by atomic mass is 10.1. The Hall–Kier alpha value is -2.04. The number of unbranched alkanes of at least 4 members (excludes halogenated alkanes) is 4. The van der Waals surface area contributed by atoms with Gasteiger partial charge in [0.05, 0.1) is 6.61 Å². The summed E-state index contributed by atoms with van der Waals surface area (Å²) in [6.07, 6.45) is 5.95. The Bertz CT molecular complexity index is 490. The van der Waals surface area contributed by atoms with Gasteiger partial charge >= 0.3 is 12.1 Å². The van der Waals surface area contributed by atoms with Crippen LogP contribution < -0.4 is 5.32 Å². The molecule has 1 unspecified atom stereocenters. The highest BCUT2D eigenvalue weighted by Gasteiger charge is 2.22. The van der Waals surface area contributed by atoms with E-state index < -0.39 is 12.1 Å². The first-order valence-corrected chi connectivity index (χ1v) is 9.31. The first-order valence-electron chi connectivity index (χ1n) is 9.31. The normalized spacial score (nSPS) is 11.6. The van der Waals surface area contributed by atoms with Crippen molar-refractivity contribution in [2.75, 3.05) is 6.61 Å². The summed E-state index contributed by atoms with van der Waals surface area (Å²) in [6, 6.07) is 8.79. The third-order valence-electron chi connectivity index (χ3n) is 3.88. The summed E-state index contributed by atoms with van der Waals surface area (Å²) in [4.78, 5) is 24.2. The second-order valence-electron chi connectivity index (χ2n) is 6.13. The van der Waals surface area contributed by atoms with E-state index in [0.717, 1.165) is 44.1 Å². The second-order valence-corrected chi connectivity index (χ2v) is 6.13. The van der Waals surface area contributed by atoms with Gasteiger partial charge in [0.1, 0.15) is 12.6 Å². The summed E-state index contributed by atoms with van der Waals surface area (Å²) in [5.41, 5.74) is 0.904. The summed E-state index contributed by atoms with van der Waals surface area (Å²) in [7, 11) is 0. The summed E-state index contributed by atoms with van der Waals surface area (Å²) in [5, 5.41) is 2.64. The number of alkyl carbamates (subject to hydrolysis) is 1. The smallest absolute Gasteiger partial charge is 0.408 e. The van der Waals surface area contributed by atoms with Gasteiger partial charge in [-0.15, -0.1) is 0 Å². The predicted molar refractivity (Wildman–Crippen MR) is 98.2 cm³/mol. The average molecular weight is 349 g/mol. The maximum atomic E-state index is 12.2. The molecule has 0 fully saturated rings. The molecular weight excluding hydrogens is 318 g/mol. The molecule has 0 radical (unpaired) electrons. The molecule has 0 aromatic heterocycles. The molecule has 0 aliphatic rings. The highest BCUT2D eigenvalue weighted by Crippen LogP contribution is 2.06. The summed E-state index contributed by atoms with van der Waals surface area (Å²) in [6.45, 7) is 4.76. The summed E-state index contributed by atoms with van der Waals surface area (Å²) >= 11 is 0. The van der Waals surface area contributed by atoms with Crippen LogP contribution in [0.2, 0.25) is 0 Å². The zero-order valence-electron chi connectivity index (χ0n) is 15.5. The van der Waals surface area contributed by atoms with Crippen LogP contribution in [0, 0.1) is 0 Å². The summed E-state index contributed by atoms with van der Waals surface area (Å²) < 4.78 is 10.5. The third-order valence-corrected chi connectivity index (χ3v) is 3.88. The monoisotopic (exact) mass is 349 g/mol. The molecule has 0 aliphatic heterocycles. The van der Waals surface area contributed by atoms with Crippen molar-refractivity contribution in [1.29, 1.82) is 0 Å². The fraction of sp³-hybridized carbons (Fsp3) is 0.600. The van der Waals surface area contributed by atoms with Crippen molar-refractivity contribution < 1.29 is 19.1 Å². The van der Waals surface area contributed by atoms with Gasteiger partial charge in [-0.2, -0.15) is 0 Å². The SMILES string of the molecule is CCCCCCOC(=O)C(CCCC)NC(=O)OCc1ccccc1. The molecule has 0 heterocycles. The van der Waals surface area contributed by atoms with Gasteiger partial charge < -0.3 is 14.8 Å². The van der Waals surface area contributed by atoms with Gasteiger partial charge in [0.25, 0.3) is 0 Å². The van der Waals surface area contributed by atoms with Crippen LogP contribution >= 0.6 is 0 Å². The molecule has 1 aromatic rings. The van der Waals surface area contributed by atoms with Gasteiger partial charge in [-0.05, 0) is 18.4 Å². The van der Waals surface area contributed by atoms with Gasteiger partial charge in [-0.3, -0.25) is 0 Å². The topological polar surface area (TPSA) is 64.6 Å². The maximum absolute atomic E-state index is 12.2. The number of esters is 1. The van der Waals surface area contributed by atoms with E-state index in [0.29, 0.717) is 13.0 Å². The van der Waals surface area contributed by atoms with E-state index in [9.17, 15) is 9.59 Å². The van der Waals surface area contributed by atoms with E-state index >= 15 is 0 Å². The quantitative estimate of drug-likeness (QED) is 0.442. The van der Waals surface area contributed by atoms with Crippen molar-refractivity contribution in [1.82, 2.24) is 5.32 Å². The van der Waals surface area contributed by atoms with Crippen molar-refractivity contribution in [3.05, 3.63) is 35.9 Å². The Labute approximate surface area is 151 Å². The second kappa shape index (κ2) is 13.3. The number of amides is 1. The molecule has 1 rings (SSSR count). The van der Waals surface area contributed by atoms with Crippen molar-refractivity contribution >= 4 is 12.1 Å². The minimum absolute atomic E-state index is 0.180. The molecule has 0 aliphatic carbocycles. The van der Waals surface area contributed by atoms with Crippen LogP contribution in [0.5, 0.6) is 0 Å². The molecule has 0 saturated heterocycles. The minimum atomic E-state index is -0.644. The lowest BCUT2D eigenvalue weighted by Gasteiger charge is -2.17. The Balaban J connectivity index is 2.39. The molecule has 0 bridgehead atoms. The minimum Gasteiger partial charge on any atom is -0.464 e. The van der Waals surface area contributed by atoms with Gasteiger partial charge in [0.2, 0.25) is 0 Å². The van der Waals surface area contributed by atoms with E-state index in [2.05, 4.69) is 12.2 Å². The van der Waals surface area contributed by atoms with Gasteiger partial charge in [0.15, 0.2) is 0 Å². The zero-order valence-corrected chi connectivity index (χ0v) is 15.5. The molecule has 1 N–H and O–H groups in total. The van der Waals surface area contributed by atoms with Gasteiger partial charge in [0, 0.05) is 0 Å². The Morgan fingerprint density at radius 1 is 0.960 bits per heavy atom. The first-order chi connectivity index (χ1) is 12.2. The van der Waals surface area contributed by atoms with Crippen molar-refractivity contribution in [2.24, 2.45) is 0 Å². The Kier molecular flexibility index (Phi) is 11.2. The predicted octanol–water partition coefficient (Wildman–Crippen LogP) is 4.60. The first kappa shape index (κ1) is 21.0. The zero-order chi connectivity index (χ0) is 18.3. The van der Waals surface area contributed by atoms with Crippen LogP contribution in [0.15, 0.2) is 30.3 Å². The van der Waals surface area contributed by atoms with Crippen LogP contribution in [0.4, 0.5) is 4.79 Å². The Morgan fingerprint density at radius 3 is 2.36 bits per heavy atom. The average Bonchev–Trinajstić information content (AvgIpc) is 2.64. The number of carbonyl (C=O) groups is 2. The fourth-order valence-electron chi connectivity index (χ4n) is 2.37. The number of rotatable bonds is 12. The van der Waals surface area contributed by atoms with E-state index in [4.69, 9.17) is 9.47 Å². The number of hydrogen-bond acceptors (Lipinski definition) is 4. The molecule has 5 heteroatoms. The van der Waals surface area contributed by atoms with Crippen LogP contribution in [0.25, 0.3) is 0 Å².